The van der Waals surface area contributed by atoms with Crippen LogP contribution >= 0.6 is 11.3 Å². The number of likely N-dealkylation sites (tertiary alicyclic amines) is 1. The van der Waals surface area contributed by atoms with E-state index in [4.69, 9.17) is 5.73 Å². The minimum atomic E-state index is -0.859. The lowest BCUT2D eigenvalue weighted by Crippen LogP contribution is -2.52. The van der Waals surface area contributed by atoms with E-state index in [0.717, 1.165) is 16.9 Å². The first-order valence-electron chi connectivity index (χ1n) is 12.5. The molecule has 2 aliphatic rings. The molecule has 5 rings (SSSR count). The Morgan fingerprint density at radius 2 is 1.97 bits per heavy atom. The van der Waals surface area contributed by atoms with E-state index in [9.17, 15) is 14.0 Å². The van der Waals surface area contributed by atoms with Crippen molar-refractivity contribution in [3.63, 3.8) is 0 Å². The van der Waals surface area contributed by atoms with Crippen molar-refractivity contribution in [3.8, 4) is 10.4 Å². The van der Waals surface area contributed by atoms with Crippen molar-refractivity contribution in [1.29, 1.82) is 0 Å². The Kier molecular flexibility index (Phi) is 6.86. The van der Waals surface area contributed by atoms with Crippen LogP contribution in [-0.4, -0.2) is 41.0 Å². The molecular formula is C29H31FN4O2S. The van der Waals surface area contributed by atoms with E-state index in [-0.39, 0.29) is 36.7 Å². The van der Waals surface area contributed by atoms with Crippen LogP contribution in [0.25, 0.3) is 16.5 Å². The van der Waals surface area contributed by atoms with Crippen molar-refractivity contribution in [3.05, 3.63) is 75.3 Å². The molecule has 0 radical (unpaired) electrons. The monoisotopic (exact) mass is 518 g/mol. The molecule has 2 amide bonds. The van der Waals surface area contributed by atoms with Crippen molar-refractivity contribution < 1.29 is 14.0 Å². The minimum Gasteiger partial charge on any atom is -0.384 e. The van der Waals surface area contributed by atoms with Crippen molar-refractivity contribution in [2.24, 2.45) is 5.92 Å². The Labute approximate surface area is 220 Å². The Balaban J connectivity index is 1.23. The molecule has 8 heteroatoms. The van der Waals surface area contributed by atoms with E-state index in [1.165, 1.54) is 38.8 Å². The number of pyridine rings is 1. The number of benzene rings is 1. The molecule has 0 bridgehead atoms. The highest BCUT2D eigenvalue weighted by atomic mass is 32.1. The van der Waals surface area contributed by atoms with Crippen LogP contribution in [-0.2, 0) is 16.1 Å². The number of nitrogens with two attached hydrogens (primary N) is 1. The van der Waals surface area contributed by atoms with Gasteiger partial charge in [-0.05, 0) is 84.7 Å². The quantitative estimate of drug-likeness (QED) is 0.434. The van der Waals surface area contributed by atoms with Gasteiger partial charge in [0.2, 0.25) is 11.8 Å². The lowest BCUT2D eigenvalue weighted by Gasteiger charge is -2.34. The first-order valence-corrected chi connectivity index (χ1v) is 13.3. The number of aromatic nitrogens is 1. The number of amides is 2. The molecule has 2 unspecified atom stereocenters. The number of halogens is 1. The molecule has 1 saturated carbocycles. The van der Waals surface area contributed by atoms with Gasteiger partial charge in [0.05, 0.1) is 19.6 Å². The van der Waals surface area contributed by atoms with Crippen molar-refractivity contribution >= 4 is 35.0 Å². The van der Waals surface area contributed by atoms with Crippen LogP contribution in [0, 0.1) is 26.7 Å². The third-order valence-corrected chi connectivity index (χ3v) is 8.81. The summed E-state index contributed by atoms with van der Waals surface area (Å²) in [4.78, 5) is 32.9. The normalized spacial score (nSPS) is 19.2. The second-order valence-electron chi connectivity index (χ2n) is 10.0. The first-order chi connectivity index (χ1) is 17.7. The zero-order chi connectivity index (χ0) is 26.3. The molecule has 1 aliphatic carbocycles. The molecule has 1 aromatic carbocycles. The van der Waals surface area contributed by atoms with Gasteiger partial charge in [0.25, 0.3) is 0 Å². The third-order valence-electron chi connectivity index (χ3n) is 7.39. The zero-order valence-electron chi connectivity index (χ0n) is 21.3. The second-order valence-corrected chi connectivity index (χ2v) is 11.1. The number of aryl methyl sites for hydroxylation is 1. The number of nitrogens with zero attached hydrogens (tertiary/aromatic N) is 2. The maximum Gasteiger partial charge on any atom is 0.244 e. The predicted molar refractivity (Wildman–Crippen MR) is 146 cm³/mol. The van der Waals surface area contributed by atoms with E-state index in [2.05, 4.69) is 49.3 Å². The van der Waals surface area contributed by atoms with Crippen molar-refractivity contribution in [1.82, 2.24) is 15.2 Å². The van der Waals surface area contributed by atoms with Crippen LogP contribution in [0.1, 0.15) is 45.0 Å². The standard InChI is InChI=1S/C29H31FN4O2S/c1-16-10-20(23-11-24(23)29(36)34-14-21(30)15-34)6-7-22(16)28-18(3)17(2)25(37-28)13-33-27(35)9-5-19-4-8-26(31)32-12-19/h4-10,12,21,23-24H,11,13-15H2,1-3H3,(H2,31,32)(H,33,35)/b9-5+. The lowest BCUT2D eigenvalue weighted by atomic mass is 9.98. The summed E-state index contributed by atoms with van der Waals surface area (Å²) < 4.78 is 13.1. The molecule has 0 spiro atoms. The summed E-state index contributed by atoms with van der Waals surface area (Å²) in [5.41, 5.74) is 12.3. The lowest BCUT2D eigenvalue weighted by molar-refractivity contribution is -0.139. The van der Waals surface area contributed by atoms with Crippen LogP contribution in [0.15, 0.2) is 42.6 Å². The van der Waals surface area contributed by atoms with E-state index in [0.29, 0.717) is 12.4 Å². The molecular weight excluding hydrogens is 487 g/mol. The fourth-order valence-corrected chi connectivity index (χ4v) is 6.18. The number of thiophene rings is 1. The smallest absolute Gasteiger partial charge is 0.244 e. The molecule has 1 saturated heterocycles. The summed E-state index contributed by atoms with van der Waals surface area (Å²) in [5, 5.41) is 2.98. The summed E-state index contributed by atoms with van der Waals surface area (Å²) in [7, 11) is 0. The molecule has 2 fully saturated rings. The van der Waals surface area contributed by atoms with Gasteiger partial charge in [0.15, 0.2) is 0 Å². The number of rotatable bonds is 7. The largest absolute Gasteiger partial charge is 0.384 e. The highest BCUT2D eigenvalue weighted by Crippen LogP contribution is 2.50. The topological polar surface area (TPSA) is 88.3 Å². The summed E-state index contributed by atoms with van der Waals surface area (Å²) in [6.07, 6.45) is 4.82. The number of hydrogen-bond donors (Lipinski definition) is 2. The fraction of sp³-hybridized carbons (Fsp3) is 0.345. The molecule has 37 heavy (non-hydrogen) atoms. The van der Waals surface area contributed by atoms with Crippen LogP contribution in [0.5, 0.6) is 0 Å². The summed E-state index contributed by atoms with van der Waals surface area (Å²) in [5.74, 6) is 0.587. The SMILES string of the molecule is Cc1cc(C2CC2C(=O)N2CC(F)C2)ccc1-c1sc(CNC(=O)/C=C/c2ccc(N)nc2)c(C)c1C. The number of alkyl halides is 1. The van der Waals surface area contributed by atoms with Crippen molar-refractivity contribution in [2.75, 3.05) is 18.8 Å². The molecule has 3 heterocycles. The summed E-state index contributed by atoms with van der Waals surface area (Å²) in [6, 6.07) is 9.97. The maximum atomic E-state index is 13.1. The van der Waals surface area contributed by atoms with Gasteiger partial charge in [0, 0.05) is 27.9 Å². The van der Waals surface area contributed by atoms with Gasteiger partial charge in [-0.1, -0.05) is 18.2 Å². The number of carbonyl (C=O) groups excluding carboxylic acids is 2. The van der Waals surface area contributed by atoms with Gasteiger partial charge in [-0.2, -0.15) is 0 Å². The van der Waals surface area contributed by atoms with Crippen LogP contribution < -0.4 is 11.1 Å². The molecule has 1 aliphatic heterocycles. The van der Waals surface area contributed by atoms with E-state index in [1.54, 1.807) is 34.6 Å². The minimum absolute atomic E-state index is 0.0102. The highest BCUT2D eigenvalue weighted by Gasteiger charge is 2.48. The number of nitrogens with one attached hydrogen (secondary N) is 1. The predicted octanol–water partition coefficient (Wildman–Crippen LogP) is 4.93. The molecule has 2 aromatic heterocycles. The Morgan fingerprint density at radius 1 is 1.19 bits per heavy atom. The van der Waals surface area contributed by atoms with Gasteiger partial charge in [0.1, 0.15) is 12.0 Å². The Morgan fingerprint density at radius 3 is 2.65 bits per heavy atom. The van der Waals surface area contributed by atoms with E-state index in [1.807, 2.05) is 6.07 Å². The third kappa shape index (κ3) is 5.30. The van der Waals surface area contributed by atoms with Gasteiger partial charge < -0.3 is 16.0 Å². The Bertz CT molecular complexity index is 1380. The summed E-state index contributed by atoms with van der Waals surface area (Å²) in [6.45, 7) is 7.27. The van der Waals surface area contributed by atoms with Gasteiger partial charge >= 0.3 is 0 Å². The number of anilines is 1. The number of carbonyl (C=O) groups is 2. The Hall–Kier alpha value is -3.52. The van der Waals surface area contributed by atoms with E-state index >= 15 is 0 Å². The van der Waals surface area contributed by atoms with Crippen LogP contribution in [0.2, 0.25) is 0 Å². The average molecular weight is 519 g/mol. The summed E-state index contributed by atoms with van der Waals surface area (Å²) >= 11 is 1.70. The molecule has 3 N–H and O–H groups in total. The number of hydrogen-bond acceptors (Lipinski definition) is 5. The fourth-order valence-electron chi connectivity index (χ4n) is 4.84. The van der Waals surface area contributed by atoms with E-state index < -0.39 is 6.17 Å². The molecule has 2 atom stereocenters. The van der Waals surface area contributed by atoms with Crippen LogP contribution in [0.4, 0.5) is 10.2 Å². The average Bonchev–Trinajstić information content (AvgIpc) is 3.62. The highest BCUT2D eigenvalue weighted by molar-refractivity contribution is 7.16. The van der Waals surface area contributed by atoms with Gasteiger partial charge in [-0.3, -0.25) is 9.59 Å². The van der Waals surface area contributed by atoms with Crippen molar-refractivity contribution in [2.45, 2.75) is 45.8 Å². The first kappa shape index (κ1) is 25.1. The van der Waals surface area contributed by atoms with Gasteiger partial charge in [-0.15, -0.1) is 11.3 Å². The molecule has 6 nitrogen and oxygen atoms in total. The maximum absolute atomic E-state index is 13.1. The van der Waals surface area contributed by atoms with Gasteiger partial charge in [-0.25, -0.2) is 9.37 Å². The molecule has 192 valence electrons. The van der Waals surface area contributed by atoms with Crippen LogP contribution in [0.3, 0.4) is 0 Å². The zero-order valence-corrected chi connectivity index (χ0v) is 22.1. The second kappa shape index (κ2) is 10.1. The molecule has 3 aromatic rings. The number of nitrogen functional groups attached to an aromatic ring is 1.